The van der Waals surface area contributed by atoms with E-state index in [1.54, 1.807) is 19.1 Å². The minimum Gasteiger partial charge on any atom is -0.357 e. The number of rotatable bonds is 6. The van der Waals surface area contributed by atoms with Crippen LogP contribution in [0, 0.1) is 0 Å². The highest BCUT2D eigenvalue weighted by molar-refractivity contribution is 14.0. The molecule has 0 saturated carbocycles. The fraction of sp³-hybridized carbons (Fsp3) is 0.526. The van der Waals surface area contributed by atoms with E-state index in [0.29, 0.717) is 18.7 Å². The smallest absolute Gasteiger partial charge is 0.251 e. The molecular weight excluding hydrogens is 537 g/mol. The molecular formula is C19H29BrIN5O2. The number of hydrogen-bond acceptors (Lipinski definition) is 3. The largest absolute Gasteiger partial charge is 0.357 e. The van der Waals surface area contributed by atoms with Crippen LogP contribution in [0.2, 0.25) is 0 Å². The van der Waals surface area contributed by atoms with Crippen molar-refractivity contribution in [3.8, 4) is 0 Å². The van der Waals surface area contributed by atoms with Crippen molar-refractivity contribution in [1.82, 2.24) is 20.4 Å². The first-order valence-electron chi connectivity index (χ1n) is 9.33. The van der Waals surface area contributed by atoms with Crippen LogP contribution in [0.4, 0.5) is 0 Å². The fourth-order valence-corrected chi connectivity index (χ4v) is 3.26. The van der Waals surface area contributed by atoms with Crippen LogP contribution in [0.25, 0.3) is 0 Å². The second-order valence-electron chi connectivity index (χ2n) is 6.35. The van der Waals surface area contributed by atoms with E-state index in [9.17, 15) is 9.59 Å². The van der Waals surface area contributed by atoms with Gasteiger partial charge >= 0.3 is 0 Å². The molecule has 1 aromatic carbocycles. The number of guanidine groups is 1. The van der Waals surface area contributed by atoms with Crippen LogP contribution in [-0.2, 0) is 4.79 Å². The Morgan fingerprint density at radius 2 is 1.82 bits per heavy atom. The normalized spacial score (nSPS) is 14.3. The van der Waals surface area contributed by atoms with Crippen molar-refractivity contribution in [3.63, 3.8) is 0 Å². The summed E-state index contributed by atoms with van der Waals surface area (Å²) in [5.74, 6) is 0.921. The van der Waals surface area contributed by atoms with Gasteiger partial charge in [-0.25, -0.2) is 0 Å². The fourth-order valence-electron chi connectivity index (χ4n) is 2.86. The average molecular weight is 566 g/mol. The summed E-state index contributed by atoms with van der Waals surface area (Å²) in [4.78, 5) is 32.3. The third-order valence-electron chi connectivity index (χ3n) is 4.33. The van der Waals surface area contributed by atoms with Gasteiger partial charge in [-0.2, -0.15) is 0 Å². The number of carbonyl (C=O) groups excluding carboxylic acids is 2. The van der Waals surface area contributed by atoms with E-state index >= 15 is 0 Å². The van der Waals surface area contributed by atoms with Crippen molar-refractivity contribution in [2.75, 3.05) is 45.8 Å². The van der Waals surface area contributed by atoms with Crippen molar-refractivity contribution in [2.24, 2.45) is 4.99 Å². The lowest BCUT2D eigenvalue weighted by molar-refractivity contribution is -0.130. The molecule has 2 amide bonds. The zero-order chi connectivity index (χ0) is 19.6. The van der Waals surface area contributed by atoms with Gasteiger partial charge in [0.05, 0.1) is 0 Å². The van der Waals surface area contributed by atoms with Crippen molar-refractivity contribution in [3.05, 3.63) is 34.3 Å². The van der Waals surface area contributed by atoms with E-state index in [2.05, 4.69) is 36.5 Å². The lowest BCUT2D eigenvalue weighted by Crippen LogP contribution is -2.53. The maximum atomic E-state index is 12.1. The predicted molar refractivity (Wildman–Crippen MR) is 126 cm³/mol. The molecule has 0 aromatic heterocycles. The molecule has 0 unspecified atom stereocenters. The summed E-state index contributed by atoms with van der Waals surface area (Å²) in [6.07, 6.45) is 0.766. The van der Waals surface area contributed by atoms with Gasteiger partial charge in [-0.05, 0) is 31.5 Å². The van der Waals surface area contributed by atoms with E-state index in [-0.39, 0.29) is 35.8 Å². The molecule has 156 valence electrons. The maximum Gasteiger partial charge on any atom is 0.251 e. The Kier molecular flexibility index (Phi) is 11.4. The number of aliphatic imine (C=N–C) groups is 1. The molecule has 9 heteroatoms. The number of piperazine rings is 1. The number of amides is 2. The molecule has 1 heterocycles. The number of nitrogens with zero attached hydrogens (tertiary/aromatic N) is 3. The first-order chi connectivity index (χ1) is 13.0. The van der Waals surface area contributed by atoms with Crippen LogP contribution in [0.5, 0.6) is 0 Å². The van der Waals surface area contributed by atoms with Crippen molar-refractivity contribution in [2.45, 2.75) is 20.3 Å². The lowest BCUT2D eigenvalue weighted by atomic mass is 10.2. The molecule has 0 atom stereocenters. The van der Waals surface area contributed by atoms with E-state index in [4.69, 9.17) is 0 Å². The Morgan fingerprint density at radius 3 is 2.43 bits per heavy atom. The predicted octanol–water partition coefficient (Wildman–Crippen LogP) is 2.32. The van der Waals surface area contributed by atoms with E-state index in [1.165, 1.54) is 0 Å². The molecule has 1 saturated heterocycles. The Morgan fingerprint density at radius 1 is 1.14 bits per heavy atom. The Labute approximate surface area is 192 Å². The van der Waals surface area contributed by atoms with Gasteiger partial charge in [0.1, 0.15) is 0 Å². The summed E-state index contributed by atoms with van der Waals surface area (Å²) in [7, 11) is 0. The van der Waals surface area contributed by atoms with E-state index in [0.717, 1.165) is 49.6 Å². The van der Waals surface area contributed by atoms with Gasteiger partial charge in [0.2, 0.25) is 5.91 Å². The highest BCUT2D eigenvalue weighted by Gasteiger charge is 2.20. The Bertz CT molecular complexity index is 678. The molecule has 2 N–H and O–H groups in total. The molecule has 0 bridgehead atoms. The summed E-state index contributed by atoms with van der Waals surface area (Å²) >= 11 is 3.37. The van der Waals surface area contributed by atoms with Crippen LogP contribution < -0.4 is 10.6 Å². The van der Waals surface area contributed by atoms with Crippen molar-refractivity contribution in [1.29, 1.82) is 0 Å². The first kappa shape index (κ1) is 24.7. The lowest BCUT2D eigenvalue weighted by Gasteiger charge is -2.36. The highest BCUT2D eigenvalue weighted by Crippen LogP contribution is 2.11. The summed E-state index contributed by atoms with van der Waals surface area (Å²) < 4.78 is 0.889. The zero-order valence-electron chi connectivity index (χ0n) is 16.4. The monoisotopic (exact) mass is 565 g/mol. The number of carbonyl (C=O) groups is 2. The molecule has 1 aliphatic heterocycles. The van der Waals surface area contributed by atoms with Crippen LogP contribution in [-0.4, -0.2) is 73.4 Å². The van der Waals surface area contributed by atoms with E-state index < -0.39 is 0 Å². The first-order valence-corrected chi connectivity index (χ1v) is 10.1. The molecule has 0 aliphatic carbocycles. The number of benzene rings is 1. The zero-order valence-corrected chi connectivity index (χ0v) is 20.3. The second kappa shape index (κ2) is 13.0. The highest BCUT2D eigenvalue weighted by atomic mass is 127. The number of hydrogen-bond donors (Lipinski definition) is 2. The summed E-state index contributed by atoms with van der Waals surface area (Å²) in [5, 5.41) is 6.23. The van der Waals surface area contributed by atoms with Crippen LogP contribution in [0.3, 0.4) is 0 Å². The van der Waals surface area contributed by atoms with Gasteiger partial charge in [-0.3, -0.25) is 14.6 Å². The van der Waals surface area contributed by atoms with Gasteiger partial charge in [-0.1, -0.05) is 22.0 Å². The SMILES string of the molecule is CCNC(=NCCCNC(=O)c1cccc(Br)c1)N1CCN(C(C)=O)CC1.I. The average Bonchev–Trinajstić information content (AvgIpc) is 2.66. The van der Waals surface area contributed by atoms with Gasteiger partial charge in [-0.15, -0.1) is 24.0 Å². The molecule has 0 radical (unpaired) electrons. The minimum absolute atomic E-state index is 0. The maximum absolute atomic E-state index is 12.1. The third-order valence-corrected chi connectivity index (χ3v) is 4.82. The van der Waals surface area contributed by atoms with Crippen molar-refractivity contribution >= 4 is 57.7 Å². The van der Waals surface area contributed by atoms with Crippen molar-refractivity contribution < 1.29 is 9.59 Å². The summed E-state index contributed by atoms with van der Waals surface area (Å²) in [5.41, 5.74) is 0.643. The molecule has 0 spiro atoms. The summed E-state index contributed by atoms with van der Waals surface area (Å²) in [6.45, 7) is 8.67. The Balaban J connectivity index is 0.00000392. The van der Waals surface area contributed by atoms with Gasteiger partial charge in [0.15, 0.2) is 5.96 Å². The second-order valence-corrected chi connectivity index (χ2v) is 7.26. The van der Waals surface area contributed by atoms with Crippen LogP contribution in [0.15, 0.2) is 33.7 Å². The van der Waals surface area contributed by atoms with Crippen LogP contribution in [0.1, 0.15) is 30.6 Å². The van der Waals surface area contributed by atoms with Gasteiger partial charge < -0.3 is 20.4 Å². The molecule has 1 aliphatic rings. The summed E-state index contributed by atoms with van der Waals surface area (Å²) in [6, 6.07) is 7.33. The topological polar surface area (TPSA) is 77.0 Å². The molecule has 7 nitrogen and oxygen atoms in total. The number of halogens is 2. The standard InChI is InChI=1S/C19H28BrN5O2.HI/c1-3-21-19(25-12-10-24(11-13-25)15(2)26)23-9-5-8-22-18(27)16-6-4-7-17(20)14-16;/h4,6-7,14H,3,5,8-13H2,1-2H3,(H,21,23)(H,22,27);1H. The number of nitrogens with one attached hydrogen (secondary N) is 2. The molecule has 1 fully saturated rings. The molecule has 2 rings (SSSR count). The quantitative estimate of drug-likeness (QED) is 0.240. The molecule has 1 aromatic rings. The third kappa shape index (κ3) is 7.94. The van der Waals surface area contributed by atoms with E-state index in [1.807, 2.05) is 24.0 Å². The minimum atomic E-state index is -0.0764. The van der Waals surface area contributed by atoms with Gasteiger partial charge in [0.25, 0.3) is 5.91 Å². The van der Waals surface area contributed by atoms with Crippen LogP contribution >= 0.6 is 39.9 Å². The Hall–Kier alpha value is -1.36. The van der Waals surface area contributed by atoms with Gasteiger partial charge in [0, 0.05) is 62.8 Å². The molecule has 28 heavy (non-hydrogen) atoms.